The third-order valence-electron chi connectivity index (χ3n) is 0.387. The Labute approximate surface area is 98.6 Å². The van der Waals surface area contributed by atoms with Gasteiger partial charge >= 0.3 is 6.68 Å². The second-order valence-electron chi connectivity index (χ2n) is 1.38. The van der Waals surface area contributed by atoms with E-state index in [-0.39, 0.29) is 7.43 Å². The molecule has 94 valence electrons. The SMILES string of the molecule is C.C#N.C=NC.FC(F)F.N#CC(C#N)C#N. The van der Waals surface area contributed by atoms with Crippen LogP contribution in [0.4, 0.5) is 13.2 Å². The normalized spacial score (nSPS) is 5.47. The second-order valence-corrected chi connectivity index (χ2v) is 1.38. The molecule has 0 aliphatic heterocycles. The van der Waals surface area contributed by atoms with Gasteiger partial charge in [-0.05, 0) is 6.72 Å². The summed E-state index contributed by atoms with van der Waals surface area (Å²) < 4.78 is 29.0. The average Bonchev–Trinajstić information content (AvgIpc) is 2.24. The van der Waals surface area contributed by atoms with Crippen molar-refractivity contribution in [1.82, 2.24) is 0 Å². The maximum absolute atomic E-state index is 9.67. The first-order valence-electron chi connectivity index (χ1n) is 3.21. The van der Waals surface area contributed by atoms with Gasteiger partial charge in [-0.1, -0.05) is 7.43 Å². The summed E-state index contributed by atoms with van der Waals surface area (Å²) in [5, 5.41) is 30.0. The molecule has 17 heavy (non-hydrogen) atoms. The molecule has 0 amide bonds. The maximum atomic E-state index is 9.67. The maximum Gasteiger partial charge on any atom is 0.379 e. The Morgan fingerprint density at radius 2 is 1.18 bits per heavy atom. The predicted octanol–water partition coefficient (Wildman–Crippen LogP) is 2.44. The molecule has 0 aromatic heterocycles. The number of nitriles is 4. The van der Waals surface area contributed by atoms with E-state index in [2.05, 4.69) is 18.3 Å². The largest absolute Gasteiger partial charge is 0.379 e. The van der Waals surface area contributed by atoms with Gasteiger partial charge in [0.15, 0.2) is 0 Å². The minimum atomic E-state index is -3.67. The van der Waals surface area contributed by atoms with Crippen LogP contribution in [0.2, 0.25) is 0 Å². The molecule has 0 rings (SSSR count). The van der Waals surface area contributed by atoms with E-state index < -0.39 is 12.6 Å². The van der Waals surface area contributed by atoms with Crippen LogP contribution in [0, 0.1) is 51.7 Å². The lowest BCUT2D eigenvalue weighted by molar-refractivity contribution is 0.00819. The summed E-state index contributed by atoms with van der Waals surface area (Å²) in [4.78, 5) is 3.25. The van der Waals surface area contributed by atoms with Crippen LogP contribution in [0.1, 0.15) is 7.43 Å². The van der Waals surface area contributed by atoms with Crippen LogP contribution < -0.4 is 0 Å². The zero-order valence-corrected chi connectivity index (χ0v) is 8.31. The first kappa shape index (κ1) is 29.3. The van der Waals surface area contributed by atoms with Gasteiger partial charge < -0.3 is 4.99 Å². The minimum Gasteiger partial charge on any atom is -0.304 e. The van der Waals surface area contributed by atoms with E-state index in [1.165, 1.54) is 18.2 Å². The zero-order chi connectivity index (χ0) is 14.0. The van der Waals surface area contributed by atoms with Gasteiger partial charge in [0, 0.05) is 13.6 Å². The first-order chi connectivity index (χ1) is 7.49. The van der Waals surface area contributed by atoms with E-state index in [9.17, 15) is 13.2 Å². The van der Waals surface area contributed by atoms with Gasteiger partial charge in [0.1, 0.15) is 0 Å². The number of hydrogen-bond donors (Lipinski definition) is 0. The number of aliphatic imine (C=N–C) groups is 1. The van der Waals surface area contributed by atoms with E-state index in [0.29, 0.717) is 0 Å². The highest BCUT2D eigenvalue weighted by molar-refractivity contribution is 5.22. The molecule has 0 saturated carbocycles. The molecule has 0 radical (unpaired) electrons. The standard InChI is InChI=1S/C4HN3.C2H5N.CHF3.CHN.CH4/c5-1-4(2-6)3-7;1-3-2;2-1(3)4;1-2;/h4H;1H2,2H3;1H;1H;1H4. The van der Waals surface area contributed by atoms with Gasteiger partial charge in [-0.2, -0.15) is 29.0 Å². The Kier molecular flexibility index (Phi) is 64.7. The van der Waals surface area contributed by atoms with E-state index in [0.717, 1.165) is 0 Å². The molecule has 0 atom stereocenters. The number of rotatable bonds is 0. The highest BCUT2D eigenvalue weighted by Gasteiger charge is 1.97. The van der Waals surface area contributed by atoms with Crippen molar-refractivity contribution in [3.05, 3.63) is 0 Å². The summed E-state index contributed by atoms with van der Waals surface area (Å²) in [6.07, 6.45) is 0. The quantitative estimate of drug-likeness (QED) is 0.612. The van der Waals surface area contributed by atoms with E-state index in [1.54, 1.807) is 7.05 Å². The lowest BCUT2D eigenvalue weighted by atomic mass is 10.2. The molecule has 0 aromatic rings. The van der Waals surface area contributed by atoms with Crippen molar-refractivity contribution >= 4 is 6.72 Å². The molecule has 0 aromatic carbocycles. The van der Waals surface area contributed by atoms with Crippen LogP contribution in [0.15, 0.2) is 4.99 Å². The molecular formula is C9H12F3N5. The second kappa shape index (κ2) is 37.6. The van der Waals surface area contributed by atoms with Crippen LogP contribution in [-0.4, -0.2) is 20.4 Å². The fourth-order valence-corrected chi connectivity index (χ4v) is 0.0866. The van der Waals surface area contributed by atoms with Gasteiger partial charge in [0.05, 0.1) is 18.2 Å². The molecule has 0 unspecified atom stereocenters. The number of alkyl halides is 3. The molecule has 0 fully saturated rings. The molecular weight excluding hydrogens is 235 g/mol. The molecule has 0 aliphatic carbocycles. The zero-order valence-electron chi connectivity index (χ0n) is 8.31. The Balaban J connectivity index is -0.0000000416. The van der Waals surface area contributed by atoms with Crippen LogP contribution in [0.5, 0.6) is 0 Å². The summed E-state index contributed by atoms with van der Waals surface area (Å²) in [6, 6.07) is 4.44. The summed E-state index contributed by atoms with van der Waals surface area (Å²) in [7, 11) is 1.64. The van der Waals surface area contributed by atoms with E-state index in [4.69, 9.17) is 21.0 Å². The highest BCUT2D eigenvalue weighted by atomic mass is 19.4. The van der Waals surface area contributed by atoms with Crippen molar-refractivity contribution in [3.8, 4) is 24.8 Å². The average molecular weight is 247 g/mol. The highest BCUT2D eigenvalue weighted by Crippen LogP contribution is 1.87. The van der Waals surface area contributed by atoms with Crippen molar-refractivity contribution in [1.29, 1.82) is 21.0 Å². The lowest BCUT2D eigenvalue weighted by Gasteiger charge is -1.69. The van der Waals surface area contributed by atoms with Crippen LogP contribution in [-0.2, 0) is 0 Å². The van der Waals surface area contributed by atoms with Crippen molar-refractivity contribution in [2.45, 2.75) is 14.1 Å². The third-order valence-corrected chi connectivity index (χ3v) is 0.387. The van der Waals surface area contributed by atoms with Gasteiger partial charge in [-0.3, -0.25) is 0 Å². The molecule has 0 aliphatic rings. The number of hydrogen-bond acceptors (Lipinski definition) is 5. The van der Waals surface area contributed by atoms with Gasteiger partial charge in [-0.15, -0.1) is 0 Å². The summed E-state index contributed by atoms with van der Waals surface area (Å²) in [6.45, 7) is 2.94. The topological polar surface area (TPSA) is 108 Å². The molecule has 8 heteroatoms. The predicted molar refractivity (Wildman–Crippen MR) is 56.3 cm³/mol. The lowest BCUT2D eigenvalue weighted by Crippen LogP contribution is -1.82. The number of halogens is 3. The third kappa shape index (κ3) is 150. The van der Waals surface area contributed by atoms with Crippen LogP contribution in [0.25, 0.3) is 0 Å². The van der Waals surface area contributed by atoms with Crippen molar-refractivity contribution in [3.63, 3.8) is 0 Å². The summed E-state index contributed by atoms with van der Waals surface area (Å²) in [5.74, 6) is -1.10. The van der Waals surface area contributed by atoms with Crippen LogP contribution in [0.3, 0.4) is 0 Å². The van der Waals surface area contributed by atoms with E-state index >= 15 is 0 Å². The van der Waals surface area contributed by atoms with E-state index in [1.807, 2.05) is 0 Å². The minimum absolute atomic E-state index is 0. The number of nitrogens with zero attached hydrogens (tertiary/aromatic N) is 5. The molecule has 0 bridgehead atoms. The molecule has 0 saturated heterocycles. The van der Waals surface area contributed by atoms with Crippen molar-refractivity contribution in [2.75, 3.05) is 7.05 Å². The summed E-state index contributed by atoms with van der Waals surface area (Å²) >= 11 is 0. The fraction of sp³-hybridized carbons (Fsp3) is 0.444. The van der Waals surface area contributed by atoms with Gasteiger partial charge in [-0.25, -0.2) is 5.26 Å². The Morgan fingerprint density at radius 3 is 1.18 bits per heavy atom. The molecule has 5 nitrogen and oxygen atoms in total. The van der Waals surface area contributed by atoms with Gasteiger partial charge in [0.2, 0.25) is 5.92 Å². The smallest absolute Gasteiger partial charge is 0.304 e. The fourth-order valence-electron chi connectivity index (χ4n) is 0.0866. The van der Waals surface area contributed by atoms with Gasteiger partial charge in [0.25, 0.3) is 0 Å². The first-order valence-corrected chi connectivity index (χ1v) is 3.21. The molecule has 0 spiro atoms. The van der Waals surface area contributed by atoms with Crippen molar-refractivity contribution < 1.29 is 13.2 Å². The Hall–Kier alpha value is -2.58. The van der Waals surface area contributed by atoms with Crippen molar-refractivity contribution in [2.24, 2.45) is 10.9 Å². The monoisotopic (exact) mass is 247 g/mol. The Morgan fingerprint density at radius 1 is 1.06 bits per heavy atom. The Bertz CT molecular complexity index is 246. The molecule has 0 N–H and O–H groups in total. The summed E-state index contributed by atoms with van der Waals surface area (Å²) in [5.41, 5.74) is 0. The molecule has 0 heterocycles. The van der Waals surface area contributed by atoms with Crippen LogP contribution >= 0.6 is 0 Å².